The van der Waals surface area contributed by atoms with E-state index in [0.29, 0.717) is 45.1 Å². The number of imide groups is 1. The largest absolute Gasteiger partial charge is 0.417 e. The summed E-state index contributed by atoms with van der Waals surface area (Å²) in [6.07, 6.45) is -2.23. The van der Waals surface area contributed by atoms with Gasteiger partial charge in [-0.15, -0.1) is 0 Å². The number of unbranched alkanes of at least 4 members (excludes halogenated alkanes) is 2. The van der Waals surface area contributed by atoms with E-state index in [2.05, 4.69) is 4.90 Å². The number of alkyl halides is 3. The number of sulfonamides is 1. The summed E-state index contributed by atoms with van der Waals surface area (Å²) >= 11 is 0. The second-order valence-corrected chi connectivity index (χ2v) is 12.0. The van der Waals surface area contributed by atoms with Gasteiger partial charge in [-0.05, 0) is 64.8 Å². The van der Waals surface area contributed by atoms with Crippen LogP contribution in [-0.4, -0.2) is 67.4 Å². The third-order valence-corrected chi connectivity index (χ3v) is 9.09. The van der Waals surface area contributed by atoms with Crippen LogP contribution in [0.4, 0.5) is 18.9 Å². The number of carbonyl (C=O) groups is 2. The summed E-state index contributed by atoms with van der Waals surface area (Å²) in [5.41, 5.74) is -1.49. The Morgan fingerprint density at radius 3 is 2.24 bits per heavy atom. The number of piperazine rings is 1. The lowest BCUT2D eigenvalue weighted by Gasteiger charge is -2.34. The van der Waals surface area contributed by atoms with Crippen molar-refractivity contribution in [1.29, 1.82) is 5.26 Å². The van der Waals surface area contributed by atoms with Crippen LogP contribution in [0.25, 0.3) is 0 Å². The monoisotopic (exact) mass is 540 g/mol. The van der Waals surface area contributed by atoms with Crippen LogP contribution in [0.1, 0.15) is 57.6 Å². The number of benzene rings is 1. The third-order valence-electron chi connectivity index (χ3n) is 6.81. The van der Waals surface area contributed by atoms with Gasteiger partial charge in [-0.1, -0.05) is 6.42 Å². The lowest BCUT2D eigenvalue weighted by atomic mass is 10.0. The first-order valence-electron chi connectivity index (χ1n) is 12.2. The van der Waals surface area contributed by atoms with Gasteiger partial charge in [0.15, 0.2) is 0 Å². The number of hydrogen-bond donors (Lipinski definition) is 0. The minimum atomic E-state index is -4.80. The minimum Gasteiger partial charge on any atom is -0.301 e. The Bertz CT molecular complexity index is 1230. The first-order valence-corrected chi connectivity index (χ1v) is 13.7. The fraction of sp³-hybridized carbons (Fsp3) is 0.560. The number of anilines is 1. The number of carbonyl (C=O) groups excluding carboxylic acids is 2. The van der Waals surface area contributed by atoms with Crippen LogP contribution in [0.3, 0.4) is 0 Å². The average Bonchev–Trinajstić information content (AvgIpc) is 3.05. The Morgan fingerprint density at radius 2 is 1.68 bits per heavy atom. The van der Waals surface area contributed by atoms with E-state index in [4.69, 9.17) is 5.26 Å². The number of halogens is 3. The van der Waals surface area contributed by atoms with Crippen molar-refractivity contribution in [3.63, 3.8) is 0 Å². The molecule has 2 heterocycles. The smallest absolute Gasteiger partial charge is 0.301 e. The lowest BCUT2D eigenvalue weighted by molar-refractivity contribution is -0.138. The lowest BCUT2D eigenvalue weighted by Crippen LogP contribution is -2.50. The van der Waals surface area contributed by atoms with Crippen LogP contribution in [0.15, 0.2) is 29.3 Å². The normalized spacial score (nSPS) is 18.3. The quantitative estimate of drug-likeness (QED) is 0.350. The van der Waals surface area contributed by atoms with Gasteiger partial charge in [-0.2, -0.15) is 22.7 Å². The molecule has 0 aliphatic carbocycles. The van der Waals surface area contributed by atoms with Crippen LogP contribution in [0.5, 0.6) is 0 Å². The van der Waals surface area contributed by atoms with Gasteiger partial charge in [-0.25, -0.2) is 13.3 Å². The van der Waals surface area contributed by atoms with Crippen molar-refractivity contribution >= 4 is 27.5 Å². The Labute approximate surface area is 215 Å². The number of rotatable bonds is 9. The zero-order valence-corrected chi connectivity index (χ0v) is 22.0. The molecule has 37 heavy (non-hydrogen) atoms. The fourth-order valence-electron chi connectivity index (χ4n) is 4.54. The molecule has 1 aromatic carbocycles. The van der Waals surface area contributed by atoms with Crippen molar-refractivity contribution < 1.29 is 31.2 Å². The number of amides is 2. The van der Waals surface area contributed by atoms with Gasteiger partial charge in [0.05, 0.1) is 28.1 Å². The van der Waals surface area contributed by atoms with Gasteiger partial charge in [0.2, 0.25) is 10.0 Å². The SMILES string of the molecule is CC1=C(CCCCCN2CCN(S(=O)(=O)C(C)C)CC2)C(=O)N(c2ccc(C#N)c(C(F)(F)F)c2)C1=O. The number of nitriles is 1. The van der Waals surface area contributed by atoms with E-state index in [1.165, 1.54) is 23.4 Å². The second-order valence-electron chi connectivity index (χ2n) is 9.53. The third kappa shape index (κ3) is 6.22. The van der Waals surface area contributed by atoms with Crippen molar-refractivity contribution in [2.24, 2.45) is 0 Å². The summed E-state index contributed by atoms with van der Waals surface area (Å²) in [6.45, 7) is 7.86. The second kappa shape index (κ2) is 11.3. The predicted molar refractivity (Wildman–Crippen MR) is 132 cm³/mol. The molecule has 0 unspecified atom stereocenters. The summed E-state index contributed by atoms with van der Waals surface area (Å²) in [5, 5.41) is 8.54. The highest BCUT2D eigenvalue weighted by Crippen LogP contribution is 2.37. The van der Waals surface area contributed by atoms with Crippen LogP contribution in [0, 0.1) is 11.3 Å². The van der Waals surface area contributed by atoms with Crippen molar-refractivity contribution in [3.8, 4) is 6.07 Å². The number of nitrogens with zero attached hydrogens (tertiary/aromatic N) is 4. The maximum atomic E-state index is 13.3. The molecule has 0 radical (unpaired) electrons. The van der Waals surface area contributed by atoms with E-state index < -0.39 is 44.4 Å². The first-order chi connectivity index (χ1) is 17.3. The maximum Gasteiger partial charge on any atom is 0.417 e. The Hall–Kier alpha value is -2.75. The summed E-state index contributed by atoms with van der Waals surface area (Å²) in [6, 6.07) is 4.28. The molecule has 1 saturated heterocycles. The summed E-state index contributed by atoms with van der Waals surface area (Å²) < 4.78 is 66.1. The Kier molecular flexibility index (Phi) is 8.82. The van der Waals surface area contributed by atoms with Crippen LogP contribution in [0.2, 0.25) is 0 Å². The molecular weight excluding hydrogens is 509 g/mol. The molecule has 0 N–H and O–H groups in total. The van der Waals surface area contributed by atoms with Gasteiger partial charge >= 0.3 is 6.18 Å². The summed E-state index contributed by atoms with van der Waals surface area (Å²) in [7, 11) is -3.25. The van der Waals surface area contributed by atoms with E-state index >= 15 is 0 Å². The fourth-order valence-corrected chi connectivity index (χ4v) is 5.80. The van der Waals surface area contributed by atoms with Gasteiger partial charge in [0, 0.05) is 37.3 Å². The van der Waals surface area contributed by atoms with Gasteiger partial charge < -0.3 is 4.90 Å². The van der Waals surface area contributed by atoms with Gasteiger partial charge in [0.25, 0.3) is 11.8 Å². The summed E-state index contributed by atoms with van der Waals surface area (Å²) in [5.74, 6) is -1.30. The molecule has 0 saturated carbocycles. The van der Waals surface area contributed by atoms with E-state index in [9.17, 15) is 31.2 Å². The molecule has 2 aliphatic heterocycles. The molecule has 0 atom stereocenters. The molecule has 8 nitrogen and oxygen atoms in total. The molecular formula is C25H31F3N4O4S. The van der Waals surface area contributed by atoms with E-state index in [-0.39, 0.29) is 16.8 Å². The van der Waals surface area contributed by atoms with Crippen LogP contribution >= 0.6 is 0 Å². The van der Waals surface area contributed by atoms with E-state index in [1.54, 1.807) is 13.8 Å². The molecule has 1 aromatic rings. The highest BCUT2D eigenvalue weighted by Gasteiger charge is 2.39. The molecule has 2 aliphatic rings. The van der Waals surface area contributed by atoms with Crippen molar-refractivity contribution in [1.82, 2.24) is 9.21 Å². The average molecular weight is 541 g/mol. The van der Waals surface area contributed by atoms with Crippen molar-refractivity contribution in [3.05, 3.63) is 40.5 Å². The van der Waals surface area contributed by atoms with E-state index in [0.717, 1.165) is 30.4 Å². The van der Waals surface area contributed by atoms with Crippen molar-refractivity contribution in [2.75, 3.05) is 37.6 Å². The standard InChI is InChI=1S/C25H31F3N4O4S/c1-17(2)37(35,36)31-13-11-30(12-14-31)10-6-4-5-7-21-18(3)23(33)32(24(21)34)20-9-8-19(16-29)22(15-20)25(26,27)28/h8-9,15,17H,4-7,10-14H2,1-3H3. The van der Waals surface area contributed by atoms with Crippen LogP contribution < -0.4 is 4.90 Å². The molecule has 0 spiro atoms. The molecule has 2 amide bonds. The first kappa shape index (κ1) is 28.8. The molecule has 0 bridgehead atoms. The number of hydrogen-bond acceptors (Lipinski definition) is 6. The zero-order valence-electron chi connectivity index (χ0n) is 21.1. The molecule has 3 rings (SSSR count). The highest BCUT2D eigenvalue weighted by atomic mass is 32.2. The topological polar surface area (TPSA) is 102 Å². The highest BCUT2D eigenvalue weighted by molar-refractivity contribution is 7.89. The molecule has 12 heteroatoms. The van der Waals surface area contributed by atoms with Crippen molar-refractivity contribution in [2.45, 2.75) is 57.9 Å². The zero-order chi connectivity index (χ0) is 27.5. The predicted octanol–water partition coefficient (Wildman–Crippen LogP) is 3.68. The minimum absolute atomic E-state index is 0.213. The van der Waals surface area contributed by atoms with Gasteiger partial charge in [-0.3, -0.25) is 9.59 Å². The van der Waals surface area contributed by atoms with Crippen LogP contribution in [-0.2, 0) is 25.8 Å². The van der Waals surface area contributed by atoms with E-state index in [1.807, 2.05) is 0 Å². The van der Waals surface area contributed by atoms with Gasteiger partial charge in [0.1, 0.15) is 0 Å². The Morgan fingerprint density at radius 1 is 1.03 bits per heavy atom. The maximum absolute atomic E-state index is 13.3. The summed E-state index contributed by atoms with van der Waals surface area (Å²) in [4.78, 5) is 28.6. The molecule has 202 valence electrons. The molecule has 0 aromatic heterocycles. The molecule has 1 fully saturated rings. The Balaban J connectivity index is 1.52.